The lowest BCUT2D eigenvalue weighted by Crippen LogP contribution is -1.99. The highest BCUT2D eigenvalue weighted by molar-refractivity contribution is 5.91. The highest BCUT2D eigenvalue weighted by Crippen LogP contribution is 2.22. The van der Waals surface area contributed by atoms with Crippen molar-refractivity contribution in [1.29, 1.82) is 0 Å². The number of carbonyl (C=O) groups excluding carboxylic acids is 2. The first-order chi connectivity index (χ1) is 18.8. The Bertz CT molecular complexity index is 1450. The van der Waals surface area contributed by atoms with Crippen molar-refractivity contribution in [3.8, 4) is 11.5 Å². The molecule has 0 aliphatic carbocycles. The maximum absolute atomic E-state index is 10.9. The zero-order chi connectivity index (χ0) is 28.2. The molecule has 0 saturated carbocycles. The van der Waals surface area contributed by atoms with Gasteiger partial charge in [-0.05, 0) is 110 Å². The predicted octanol–water partition coefficient (Wildman–Crippen LogP) is 8.18. The van der Waals surface area contributed by atoms with Crippen LogP contribution < -0.4 is 9.47 Å². The van der Waals surface area contributed by atoms with Crippen LogP contribution in [0.4, 0.5) is 0 Å². The zero-order valence-electron chi connectivity index (χ0n) is 23.4. The van der Waals surface area contributed by atoms with Crippen molar-refractivity contribution < 1.29 is 19.1 Å². The average molecular weight is 521 g/mol. The molecule has 0 aromatic heterocycles. The molecule has 0 unspecified atom stereocenters. The number of ether oxygens (including phenoxy) is 2. The number of aryl methyl sites for hydroxylation is 4. The largest absolute Gasteiger partial charge is 0.489 e. The van der Waals surface area contributed by atoms with Crippen molar-refractivity contribution in [3.63, 3.8) is 0 Å². The number of hydrogen-bond acceptors (Lipinski definition) is 4. The van der Waals surface area contributed by atoms with E-state index in [2.05, 4.69) is 38.1 Å². The van der Waals surface area contributed by atoms with Crippen molar-refractivity contribution in [2.24, 2.45) is 0 Å². The molecule has 0 spiro atoms. The molecule has 0 fully saturated rings. The van der Waals surface area contributed by atoms with Gasteiger partial charge < -0.3 is 9.47 Å². The van der Waals surface area contributed by atoms with Gasteiger partial charge in [0.05, 0.1) is 0 Å². The Labute approximate surface area is 231 Å². The van der Waals surface area contributed by atoms with Crippen LogP contribution in [0, 0.1) is 27.7 Å². The van der Waals surface area contributed by atoms with Gasteiger partial charge in [0.25, 0.3) is 0 Å². The Kier molecular flexibility index (Phi) is 10.8. The predicted molar refractivity (Wildman–Crippen MR) is 158 cm³/mol. The summed E-state index contributed by atoms with van der Waals surface area (Å²) >= 11 is 0. The molecule has 0 amide bonds. The summed E-state index contributed by atoms with van der Waals surface area (Å²) in [6.45, 7) is 10.8. The van der Waals surface area contributed by atoms with Crippen molar-refractivity contribution in [2.75, 3.05) is 0 Å². The average Bonchev–Trinajstić information content (AvgIpc) is 2.92. The first kappa shape index (κ1) is 29.1. The molecule has 0 heterocycles. The Morgan fingerprint density at radius 3 is 1.54 bits per heavy atom. The third kappa shape index (κ3) is 9.11. The molecule has 4 rings (SSSR count). The molecule has 0 aliphatic rings. The molecular formula is C35H36O4. The van der Waals surface area contributed by atoms with Gasteiger partial charge in [-0.1, -0.05) is 60.7 Å². The molecule has 39 heavy (non-hydrogen) atoms. The van der Waals surface area contributed by atoms with Crippen LogP contribution in [0.3, 0.4) is 0 Å². The van der Waals surface area contributed by atoms with Crippen LogP contribution in [0.1, 0.15) is 56.2 Å². The van der Waals surface area contributed by atoms with Gasteiger partial charge in [0, 0.05) is 5.56 Å². The van der Waals surface area contributed by atoms with E-state index in [4.69, 9.17) is 9.47 Å². The summed E-state index contributed by atoms with van der Waals surface area (Å²) in [7, 11) is 0. The van der Waals surface area contributed by atoms with E-state index in [1.54, 1.807) is 19.1 Å². The SMILES string of the molecule is CC(=O)/C=C/c1ccc(OCc2ccccc2C)c(C)c1.Cc1ccccc1COc1ccc(C=O)cc1C. The Hall–Kier alpha value is -4.44. The van der Waals surface area contributed by atoms with E-state index in [9.17, 15) is 9.59 Å². The molecule has 4 nitrogen and oxygen atoms in total. The van der Waals surface area contributed by atoms with Gasteiger partial charge in [0.15, 0.2) is 5.78 Å². The molecule has 0 saturated heterocycles. The number of aldehydes is 1. The van der Waals surface area contributed by atoms with Gasteiger partial charge >= 0.3 is 0 Å². The van der Waals surface area contributed by atoms with Crippen LogP contribution in [-0.2, 0) is 18.0 Å². The minimum Gasteiger partial charge on any atom is -0.489 e. The molecule has 4 aromatic rings. The maximum Gasteiger partial charge on any atom is 0.152 e. The van der Waals surface area contributed by atoms with E-state index in [1.165, 1.54) is 22.3 Å². The summed E-state index contributed by atoms with van der Waals surface area (Å²) in [5, 5.41) is 0. The molecular weight excluding hydrogens is 484 g/mol. The fourth-order valence-corrected chi connectivity index (χ4v) is 3.91. The normalized spacial score (nSPS) is 10.5. The van der Waals surface area contributed by atoms with E-state index in [0.717, 1.165) is 34.5 Å². The van der Waals surface area contributed by atoms with E-state index in [-0.39, 0.29) is 5.78 Å². The van der Waals surface area contributed by atoms with Crippen molar-refractivity contribution in [1.82, 2.24) is 0 Å². The second-order valence-electron chi connectivity index (χ2n) is 9.54. The third-order valence-corrected chi connectivity index (χ3v) is 6.33. The third-order valence-electron chi connectivity index (χ3n) is 6.33. The summed E-state index contributed by atoms with van der Waals surface area (Å²) in [6, 6.07) is 27.7. The highest BCUT2D eigenvalue weighted by atomic mass is 16.5. The topological polar surface area (TPSA) is 52.6 Å². The lowest BCUT2D eigenvalue weighted by Gasteiger charge is -2.11. The van der Waals surface area contributed by atoms with E-state index in [1.807, 2.05) is 74.5 Å². The number of hydrogen-bond donors (Lipinski definition) is 0. The summed E-state index contributed by atoms with van der Waals surface area (Å²) in [6.07, 6.45) is 4.24. The van der Waals surface area contributed by atoms with Crippen LogP contribution in [0.25, 0.3) is 6.08 Å². The Morgan fingerprint density at radius 1 is 0.641 bits per heavy atom. The summed E-state index contributed by atoms with van der Waals surface area (Å²) in [5.41, 5.74) is 8.55. The lowest BCUT2D eigenvalue weighted by atomic mass is 10.1. The lowest BCUT2D eigenvalue weighted by molar-refractivity contribution is -0.112. The van der Waals surface area contributed by atoms with Crippen LogP contribution >= 0.6 is 0 Å². The molecule has 200 valence electrons. The smallest absolute Gasteiger partial charge is 0.152 e. The van der Waals surface area contributed by atoms with Crippen LogP contribution in [0.5, 0.6) is 11.5 Å². The number of benzene rings is 4. The molecule has 0 atom stereocenters. The summed E-state index contributed by atoms with van der Waals surface area (Å²) in [4.78, 5) is 21.6. The van der Waals surface area contributed by atoms with Crippen LogP contribution in [0.15, 0.2) is 91.0 Å². The molecule has 0 N–H and O–H groups in total. The second-order valence-corrected chi connectivity index (χ2v) is 9.54. The fourth-order valence-electron chi connectivity index (χ4n) is 3.91. The van der Waals surface area contributed by atoms with Crippen LogP contribution in [-0.4, -0.2) is 12.1 Å². The number of ketones is 1. The molecule has 0 bridgehead atoms. The number of allylic oxidation sites excluding steroid dienone is 1. The van der Waals surface area contributed by atoms with Gasteiger partial charge in [-0.2, -0.15) is 0 Å². The number of carbonyl (C=O) groups is 2. The molecule has 0 radical (unpaired) electrons. The Balaban J connectivity index is 0.000000218. The van der Waals surface area contributed by atoms with Gasteiger partial charge in [0.1, 0.15) is 31.0 Å². The molecule has 4 aromatic carbocycles. The van der Waals surface area contributed by atoms with Crippen molar-refractivity contribution in [2.45, 2.75) is 47.8 Å². The second kappa shape index (κ2) is 14.5. The number of rotatable bonds is 9. The zero-order valence-corrected chi connectivity index (χ0v) is 23.4. The summed E-state index contributed by atoms with van der Waals surface area (Å²) in [5.74, 6) is 1.75. The minimum atomic E-state index is 0.0486. The highest BCUT2D eigenvalue weighted by Gasteiger charge is 2.04. The maximum atomic E-state index is 10.9. The quantitative estimate of drug-likeness (QED) is 0.165. The van der Waals surface area contributed by atoms with Crippen molar-refractivity contribution >= 4 is 18.1 Å². The van der Waals surface area contributed by atoms with Crippen molar-refractivity contribution in [3.05, 3.63) is 136 Å². The van der Waals surface area contributed by atoms with Gasteiger partial charge in [-0.15, -0.1) is 0 Å². The van der Waals surface area contributed by atoms with Gasteiger partial charge in [-0.25, -0.2) is 0 Å². The molecule has 0 aliphatic heterocycles. The summed E-state index contributed by atoms with van der Waals surface area (Å²) < 4.78 is 11.7. The monoisotopic (exact) mass is 520 g/mol. The minimum absolute atomic E-state index is 0.0486. The molecule has 4 heteroatoms. The van der Waals surface area contributed by atoms with E-state index >= 15 is 0 Å². The first-order valence-corrected chi connectivity index (χ1v) is 13.0. The van der Waals surface area contributed by atoms with E-state index in [0.29, 0.717) is 18.8 Å². The standard InChI is InChI=1S/C19H20O2.C16H16O2/c1-14-6-4-5-7-18(14)13-21-19-11-10-17(12-15(19)2)9-8-16(3)20;1-12-5-3-4-6-15(12)11-18-16-8-7-14(10-17)9-13(16)2/h4-12H,13H2,1-3H3;3-10H,11H2,1-2H3/b9-8+;. The Morgan fingerprint density at radius 2 is 1.10 bits per heavy atom. The fraction of sp³-hybridized carbons (Fsp3) is 0.200. The van der Waals surface area contributed by atoms with Gasteiger partial charge in [0.2, 0.25) is 0 Å². The van der Waals surface area contributed by atoms with Crippen LogP contribution in [0.2, 0.25) is 0 Å². The first-order valence-electron chi connectivity index (χ1n) is 13.0. The van der Waals surface area contributed by atoms with Gasteiger partial charge in [-0.3, -0.25) is 9.59 Å². The van der Waals surface area contributed by atoms with E-state index < -0.39 is 0 Å².